The van der Waals surface area contributed by atoms with Crippen molar-refractivity contribution in [2.75, 3.05) is 14.2 Å². The average Bonchev–Trinajstić information content (AvgIpc) is 4.05. The van der Waals surface area contributed by atoms with Crippen LogP contribution in [0.15, 0.2) is 121 Å². The minimum atomic E-state index is 0.805. The predicted octanol–water partition coefficient (Wildman–Crippen LogP) is 12.7. The Labute approximate surface area is 325 Å². The largest absolute Gasteiger partial charge is 0.497 e. The summed E-state index contributed by atoms with van der Waals surface area (Å²) < 4.78 is 15.7. The fourth-order valence-electron chi connectivity index (χ4n) is 7.54. The first-order valence-corrected chi connectivity index (χ1v) is 19.2. The Morgan fingerprint density at radius 3 is 1.11 bits per heavy atom. The van der Waals surface area contributed by atoms with E-state index in [9.17, 15) is 0 Å². The van der Waals surface area contributed by atoms with Crippen molar-refractivity contribution < 1.29 is 9.47 Å². The lowest BCUT2D eigenvalue weighted by Gasteiger charge is -2.11. The Morgan fingerprint density at radius 2 is 0.745 bits per heavy atom. The molecule has 8 bridgehead atoms. The fraction of sp³-hybridized carbons (Fsp3) is 0.102. The third-order valence-electron chi connectivity index (χ3n) is 10.5. The third-order valence-corrected chi connectivity index (χ3v) is 11.6. The molecule has 9 rings (SSSR count). The molecule has 0 saturated carbocycles. The molecule has 5 heterocycles. The standard InChI is InChI=1S/C49H39N3O2S/c1-30-6-10-34(11-7-30)48-40-24-22-38(50-40)46(32-14-18-36(53-4)19-15-32)42-26-27-43(52(42)3)47(33-16-20-37(54-5)21-17-33)39-23-25-41(51-39)49(45-29-28-44(48)55-45)35-12-8-31(2)9-13-35/h6-29H,1-5H3. The lowest BCUT2D eigenvalue weighted by atomic mass is 10.0. The molecule has 0 saturated heterocycles. The van der Waals surface area contributed by atoms with E-state index in [2.05, 4.69) is 147 Å². The van der Waals surface area contributed by atoms with Crippen LogP contribution in [-0.2, 0) is 7.05 Å². The Morgan fingerprint density at radius 1 is 0.418 bits per heavy atom. The molecule has 0 atom stereocenters. The van der Waals surface area contributed by atoms with Gasteiger partial charge < -0.3 is 14.0 Å². The van der Waals surface area contributed by atoms with Crippen molar-refractivity contribution >= 4 is 56.1 Å². The van der Waals surface area contributed by atoms with Crippen molar-refractivity contribution in [3.8, 4) is 56.0 Å². The van der Waals surface area contributed by atoms with Crippen LogP contribution < -0.4 is 9.47 Å². The molecule has 0 radical (unpaired) electrons. The summed E-state index contributed by atoms with van der Waals surface area (Å²) >= 11 is 1.78. The second-order valence-corrected chi connectivity index (χ2v) is 15.0. The number of hydrogen-bond acceptors (Lipinski definition) is 5. The van der Waals surface area contributed by atoms with Crippen LogP contribution in [0.2, 0.25) is 0 Å². The molecule has 6 heteroatoms. The summed E-state index contributed by atoms with van der Waals surface area (Å²) in [6, 6.07) is 42.9. The van der Waals surface area contributed by atoms with Crippen molar-refractivity contribution in [2.45, 2.75) is 13.8 Å². The van der Waals surface area contributed by atoms with Gasteiger partial charge >= 0.3 is 0 Å². The number of fused-ring (bicyclic) bond motifs is 8. The predicted molar refractivity (Wildman–Crippen MR) is 231 cm³/mol. The highest BCUT2D eigenvalue weighted by Crippen LogP contribution is 2.42. The van der Waals surface area contributed by atoms with Gasteiger partial charge in [0.1, 0.15) is 11.5 Å². The summed E-state index contributed by atoms with van der Waals surface area (Å²) in [5.74, 6) is 1.61. The summed E-state index contributed by atoms with van der Waals surface area (Å²) in [5.41, 5.74) is 16.8. The molecule has 2 aliphatic heterocycles. The van der Waals surface area contributed by atoms with Gasteiger partial charge in [-0.05, 0) is 109 Å². The van der Waals surface area contributed by atoms with Gasteiger partial charge in [-0.25, -0.2) is 9.97 Å². The lowest BCUT2D eigenvalue weighted by Crippen LogP contribution is -1.95. The van der Waals surface area contributed by atoms with Gasteiger partial charge in [-0.1, -0.05) is 83.9 Å². The number of rotatable bonds is 6. The first-order chi connectivity index (χ1) is 26.9. The SMILES string of the molecule is COc1ccc(-c2c3nc(c(-c4ccc(C)cc4)c4ccc(s4)c(-c4ccc(C)cc4)c4nc(c(-c5ccc(OC)cc5)c5ccc2n5C)C=C4)C=C3)cc1. The van der Waals surface area contributed by atoms with Crippen LogP contribution in [0.1, 0.15) is 33.9 Å². The average molecular weight is 734 g/mol. The zero-order valence-electron chi connectivity index (χ0n) is 31.4. The molecule has 4 aromatic carbocycles. The molecular weight excluding hydrogens is 695 g/mol. The Hall–Kier alpha value is -6.50. The maximum absolute atomic E-state index is 5.56. The van der Waals surface area contributed by atoms with Crippen LogP contribution in [-0.4, -0.2) is 28.8 Å². The molecule has 268 valence electrons. The summed E-state index contributed by atoms with van der Waals surface area (Å²) in [6.45, 7) is 4.25. The van der Waals surface area contributed by atoms with Gasteiger partial charge in [-0.15, -0.1) is 11.3 Å². The zero-order chi connectivity index (χ0) is 37.6. The highest BCUT2D eigenvalue weighted by atomic mass is 32.1. The molecule has 5 nitrogen and oxygen atoms in total. The molecule has 0 aliphatic carbocycles. The van der Waals surface area contributed by atoms with Crippen LogP contribution in [0.5, 0.6) is 11.5 Å². The number of aryl methyl sites for hydroxylation is 3. The van der Waals surface area contributed by atoms with Crippen molar-refractivity contribution in [3.05, 3.63) is 155 Å². The lowest BCUT2D eigenvalue weighted by molar-refractivity contribution is 0.415. The van der Waals surface area contributed by atoms with Crippen LogP contribution in [0.25, 0.3) is 89.2 Å². The second-order valence-electron chi connectivity index (χ2n) is 13.9. The van der Waals surface area contributed by atoms with Crippen molar-refractivity contribution in [3.63, 3.8) is 0 Å². The molecule has 0 unspecified atom stereocenters. The van der Waals surface area contributed by atoms with Gasteiger partial charge in [0.15, 0.2) is 0 Å². The van der Waals surface area contributed by atoms with Crippen LogP contribution in [0, 0.1) is 13.8 Å². The van der Waals surface area contributed by atoms with E-state index in [1.54, 1.807) is 25.6 Å². The minimum absolute atomic E-state index is 0.805. The zero-order valence-corrected chi connectivity index (χ0v) is 32.2. The number of ether oxygens (including phenoxy) is 2. The summed E-state index contributed by atoms with van der Waals surface area (Å²) in [6.07, 6.45) is 8.65. The smallest absolute Gasteiger partial charge is 0.118 e. The van der Waals surface area contributed by atoms with E-state index in [-0.39, 0.29) is 0 Å². The molecule has 2 aliphatic rings. The molecule has 3 aromatic heterocycles. The highest BCUT2D eigenvalue weighted by molar-refractivity contribution is 7.24. The Balaban J connectivity index is 1.47. The van der Waals surface area contributed by atoms with E-state index >= 15 is 0 Å². The van der Waals surface area contributed by atoms with Gasteiger partial charge in [0.25, 0.3) is 0 Å². The Kier molecular flexibility index (Phi) is 8.76. The summed E-state index contributed by atoms with van der Waals surface area (Å²) in [5, 5.41) is 0. The Bertz CT molecular complexity index is 2630. The fourth-order valence-corrected chi connectivity index (χ4v) is 8.70. The van der Waals surface area contributed by atoms with E-state index in [0.29, 0.717) is 0 Å². The first-order valence-electron chi connectivity index (χ1n) is 18.4. The van der Waals surface area contributed by atoms with Crippen LogP contribution >= 0.6 is 11.3 Å². The van der Waals surface area contributed by atoms with Crippen molar-refractivity contribution in [2.24, 2.45) is 7.05 Å². The summed E-state index contributed by atoms with van der Waals surface area (Å²) in [4.78, 5) is 10.9. The maximum atomic E-state index is 5.56. The molecule has 55 heavy (non-hydrogen) atoms. The van der Waals surface area contributed by atoms with Crippen molar-refractivity contribution in [1.82, 2.24) is 14.5 Å². The van der Waals surface area contributed by atoms with Gasteiger partial charge in [0.05, 0.1) is 48.0 Å². The summed E-state index contributed by atoms with van der Waals surface area (Å²) in [7, 11) is 5.53. The van der Waals surface area contributed by atoms with E-state index in [0.717, 1.165) is 99.2 Å². The number of hydrogen-bond donors (Lipinski definition) is 0. The number of thiophene rings is 1. The molecule has 7 aromatic rings. The highest BCUT2D eigenvalue weighted by Gasteiger charge is 2.20. The van der Waals surface area contributed by atoms with E-state index in [1.165, 1.54) is 11.1 Å². The van der Waals surface area contributed by atoms with E-state index in [1.807, 2.05) is 24.3 Å². The van der Waals surface area contributed by atoms with Gasteiger partial charge in [0.2, 0.25) is 0 Å². The number of nitrogens with zero attached hydrogens (tertiary/aromatic N) is 3. The molecule has 0 N–H and O–H groups in total. The van der Waals surface area contributed by atoms with Crippen LogP contribution in [0.3, 0.4) is 0 Å². The minimum Gasteiger partial charge on any atom is -0.497 e. The van der Waals surface area contributed by atoms with E-state index in [4.69, 9.17) is 19.4 Å². The molecule has 0 fully saturated rings. The van der Waals surface area contributed by atoms with Gasteiger partial charge in [-0.3, -0.25) is 0 Å². The van der Waals surface area contributed by atoms with Crippen molar-refractivity contribution in [1.29, 1.82) is 0 Å². The topological polar surface area (TPSA) is 49.2 Å². The quantitative estimate of drug-likeness (QED) is 0.171. The number of methoxy groups -OCH3 is 2. The monoisotopic (exact) mass is 733 g/mol. The molecule has 0 spiro atoms. The normalized spacial score (nSPS) is 11.9. The second kappa shape index (κ2) is 14.0. The van der Waals surface area contributed by atoms with Crippen LogP contribution in [0.4, 0.5) is 0 Å². The maximum Gasteiger partial charge on any atom is 0.118 e. The van der Waals surface area contributed by atoms with Gasteiger partial charge in [-0.2, -0.15) is 0 Å². The van der Waals surface area contributed by atoms with Gasteiger partial charge in [0, 0.05) is 38.7 Å². The molecule has 0 amide bonds. The first kappa shape index (κ1) is 34.3. The molecular formula is C49H39N3O2S. The number of aromatic nitrogens is 3. The number of benzene rings is 4. The van der Waals surface area contributed by atoms with E-state index < -0.39 is 0 Å². The third kappa shape index (κ3) is 6.24.